The van der Waals surface area contributed by atoms with E-state index in [9.17, 15) is 0 Å². The number of aromatic nitrogens is 1. The number of hydrogen-bond donors (Lipinski definition) is 1. The van der Waals surface area contributed by atoms with Gasteiger partial charge in [-0.1, -0.05) is 29.8 Å². The van der Waals surface area contributed by atoms with Crippen molar-refractivity contribution in [1.82, 2.24) is 4.98 Å². The first kappa shape index (κ1) is 11.0. The molecule has 0 aliphatic heterocycles. The monoisotopic (exact) mass is 230 g/mol. The molecule has 2 N–H and O–H groups in total. The molecule has 0 unspecified atom stereocenters. The Bertz CT molecular complexity index is 483. The third kappa shape index (κ3) is 2.76. The number of hydrogen-bond acceptors (Lipinski definition) is 3. The van der Waals surface area contributed by atoms with Crippen LogP contribution in [0.2, 0.25) is 0 Å². The van der Waals surface area contributed by atoms with Crippen LogP contribution in [0.25, 0.3) is 0 Å². The van der Waals surface area contributed by atoms with Gasteiger partial charge in [0.2, 0.25) is 0 Å². The number of nitrogens with zero attached hydrogens (tertiary/aromatic N) is 1. The van der Waals surface area contributed by atoms with Gasteiger partial charge in [0.05, 0.1) is 11.9 Å². The standard InChI is InChI=1S/C13H14N2S/c1-10-3-2-4-11(7-10)9-16-13-5-6-15-8-12(13)14/h2-8H,9,14H2,1H3. The van der Waals surface area contributed by atoms with Crippen LogP contribution in [-0.2, 0) is 5.75 Å². The van der Waals surface area contributed by atoms with Gasteiger partial charge < -0.3 is 5.73 Å². The van der Waals surface area contributed by atoms with Crippen molar-refractivity contribution in [2.45, 2.75) is 17.6 Å². The Balaban J connectivity index is 2.05. The van der Waals surface area contributed by atoms with Crippen molar-refractivity contribution in [1.29, 1.82) is 0 Å². The third-order valence-corrected chi connectivity index (χ3v) is 3.45. The predicted molar refractivity (Wildman–Crippen MR) is 69.4 cm³/mol. The zero-order valence-electron chi connectivity index (χ0n) is 9.18. The quantitative estimate of drug-likeness (QED) is 0.822. The summed E-state index contributed by atoms with van der Waals surface area (Å²) in [5, 5.41) is 0. The first-order valence-electron chi connectivity index (χ1n) is 5.13. The third-order valence-electron chi connectivity index (χ3n) is 2.29. The number of rotatable bonds is 3. The number of nitrogens with two attached hydrogens (primary N) is 1. The molecule has 1 heterocycles. The van der Waals surface area contributed by atoms with Gasteiger partial charge in [0.25, 0.3) is 0 Å². The minimum Gasteiger partial charge on any atom is -0.397 e. The largest absolute Gasteiger partial charge is 0.397 e. The minimum absolute atomic E-state index is 0.750. The van der Waals surface area contributed by atoms with Crippen LogP contribution in [0.4, 0.5) is 5.69 Å². The predicted octanol–water partition coefficient (Wildman–Crippen LogP) is 3.26. The molecule has 2 rings (SSSR count). The fourth-order valence-electron chi connectivity index (χ4n) is 1.49. The van der Waals surface area contributed by atoms with Gasteiger partial charge in [-0.05, 0) is 18.6 Å². The highest BCUT2D eigenvalue weighted by Crippen LogP contribution is 2.27. The number of benzene rings is 1. The molecule has 16 heavy (non-hydrogen) atoms. The van der Waals surface area contributed by atoms with E-state index in [1.165, 1.54) is 11.1 Å². The van der Waals surface area contributed by atoms with Crippen LogP contribution >= 0.6 is 11.8 Å². The lowest BCUT2D eigenvalue weighted by atomic mass is 10.2. The van der Waals surface area contributed by atoms with E-state index in [1.807, 2.05) is 6.07 Å². The van der Waals surface area contributed by atoms with Crippen molar-refractivity contribution in [2.75, 3.05) is 5.73 Å². The van der Waals surface area contributed by atoms with Gasteiger partial charge in [0.15, 0.2) is 0 Å². The highest BCUT2D eigenvalue weighted by molar-refractivity contribution is 7.98. The molecule has 0 bridgehead atoms. The van der Waals surface area contributed by atoms with E-state index < -0.39 is 0 Å². The summed E-state index contributed by atoms with van der Waals surface area (Å²) in [5.41, 5.74) is 9.19. The zero-order valence-corrected chi connectivity index (χ0v) is 10.00. The molecule has 0 aliphatic rings. The fraction of sp³-hybridized carbons (Fsp3) is 0.154. The molecule has 1 aromatic carbocycles. The molecular weight excluding hydrogens is 216 g/mol. The van der Waals surface area contributed by atoms with Crippen LogP contribution in [-0.4, -0.2) is 4.98 Å². The molecule has 0 radical (unpaired) electrons. The second kappa shape index (κ2) is 5.03. The summed E-state index contributed by atoms with van der Waals surface area (Å²) in [6.07, 6.45) is 3.47. The van der Waals surface area contributed by atoms with Crippen molar-refractivity contribution < 1.29 is 0 Å². The molecule has 1 aromatic heterocycles. The number of thioether (sulfide) groups is 1. The van der Waals surface area contributed by atoms with Crippen LogP contribution in [0.15, 0.2) is 47.6 Å². The molecule has 0 aliphatic carbocycles. The average Bonchev–Trinajstić information content (AvgIpc) is 2.28. The minimum atomic E-state index is 0.750. The van der Waals surface area contributed by atoms with Gasteiger partial charge in [-0.25, -0.2) is 0 Å². The van der Waals surface area contributed by atoms with E-state index in [1.54, 1.807) is 24.2 Å². The molecular formula is C13H14N2S. The van der Waals surface area contributed by atoms with E-state index in [-0.39, 0.29) is 0 Å². The number of nitrogen functional groups attached to an aromatic ring is 1. The van der Waals surface area contributed by atoms with Crippen molar-refractivity contribution in [2.24, 2.45) is 0 Å². The maximum atomic E-state index is 5.83. The van der Waals surface area contributed by atoms with Crippen LogP contribution in [0.1, 0.15) is 11.1 Å². The number of aryl methyl sites for hydroxylation is 1. The highest BCUT2D eigenvalue weighted by atomic mass is 32.2. The number of anilines is 1. The lowest BCUT2D eigenvalue weighted by molar-refractivity contribution is 1.26. The van der Waals surface area contributed by atoms with Crippen LogP contribution in [0.3, 0.4) is 0 Å². The topological polar surface area (TPSA) is 38.9 Å². The maximum absolute atomic E-state index is 5.83. The lowest BCUT2D eigenvalue weighted by Crippen LogP contribution is -1.90. The molecule has 82 valence electrons. The molecule has 0 atom stereocenters. The van der Waals surface area contributed by atoms with E-state index in [2.05, 4.69) is 36.2 Å². The van der Waals surface area contributed by atoms with Gasteiger partial charge in [0, 0.05) is 16.8 Å². The summed E-state index contributed by atoms with van der Waals surface area (Å²) in [4.78, 5) is 5.07. The second-order valence-corrected chi connectivity index (χ2v) is 4.71. The molecule has 2 nitrogen and oxygen atoms in total. The summed E-state index contributed by atoms with van der Waals surface area (Å²) in [7, 11) is 0. The summed E-state index contributed by atoms with van der Waals surface area (Å²) < 4.78 is 0. The van der Waals surface area contributed by atoms with Gasteiger partial charge in [0.1, 0.15) is 0 Å². The summed E-state index contributed by atoms with van der Waals surface area (Å²) in [6, 6.07) is 10.5. The van der Waals surface area contributed by atoms with Crippen LogP contribution in [0, 0.1) is 6.92 Å². The molecule has 0 amide bonds. The smallest absolute Gasteiger partial charge is 0.0638 e. The Labute approximate surface area is 99.9 Å². The number of pyridine rings is 1. The van der Waals surface area contributed by atoms with Crippen LogP contribution < -0.4 is 5.73 Å². The fourth-order valence-corrected chi connectivity index (χ4v) is 2.37. The van der Waals surface area contributed by atoms with E-state index in [0.717, 1.165) is 16.3 Å². The first-order valence-corrected chi connectivity index (χ1v) is 6.12. The van der Waals surface area contributed by atoms with Crippen molar-refractivity contribution in [3.8, 4) is 0 Å². The summed E-state index contributed by atoms with van der Waals surface area (Å²) in [5.74, 6) is 0.940. The normalized spacial score (nSPS) is 10.3. The molecule has 0 fully saturated rings. The van der Waals surface area contributed by atoms with E-state index in [0.29, 0.717) is 0 Å². The molecule has 2 aromatic rings. The average molecular weight is 230 g/mol. The van der Waals surface area contributed by atoms with E-state index in [4.69, 9.17) is 5.73 Å². The Kier molecular flexibility index (Phi) is 3.47. The SMILES string of the molecule is Cc1cccc(CSc2ccncc2N)c1. The molecule has 3 heteroatoms. The molecule has 0 saturated carbocycles. The molecule has 0 saturated heterocycles. The Morgan fingerprint density at radius 3 is 2.94 bits per heavy atom. The van der Waals surface area contributed by atoms with Gasteiger partial charge >= 0.3 is 0 Å². The Morgan fingerprint density at radius 1 is 1.31 bits per heavy atom. The Morgan fingerprint density at radius 2 is 2.19 bits per heavy atom. The lowest BCUT2D eigenvalue weighted by Gasteiger charge is -2.05. The van der Waals surface area contributed by atoms with Gasteiger partial charge in [-0.15, -0.1) is 11.8 Å². The molecule has 0 spiro atoms. The van der Waals surface area contributed by atoms with Crippen molar-refractivity contribution in [3.05, 3.63) is 53.9 Å². The van der Waals surface area contributed by atoms with E-state index >= 15 is 0 Å². The Hall–Kier alpha value is -1.48. The van der Waals surface area contributed by atoms with Crippen molar-refractivity contribution in [3.63, 3.8) is 0 Å². The second-order valence-electron chi connectivity index (χ2n) is 3.69. The van der Waals surface area contributed by atoms with Crippen molar-refractivity contribution >= 4 is 17.4 Å². The maximum Gasteiger partial charge on any atom is 0.0638 e. The van der Waals surface area contributed by atoms with Crippen LogP contribution in [0.5, 0.6) is 0 Å². The zero-order chi connectivity index (χ0) is 11.4. The van der Waals surface area contributed by atoms with Gasteiger partial charge in [-0.2, -0.15) is 0 Å². The highest BCUT2D eigenvalue weighted by Gasteiger charge is 2.00. The summed E-state index contributed by atoms with van der Waals surface area (Å²) in [6.45, 7) is 2.11. The summed E-state index contributed by atoms with van der Waals surface area (Å²) >= 11 is 1.74. The van der Waals surface area contributed by atoms with Gasteiger partial charge in [-0.3, -0.25) is 4.98 Å². The first-order chi connectivity index (χ1) is 7.75.